The summed E-state index contributed by atoms with van der Waals surface area (Å²) >= 11 is 1.26. The number of fused-ring (bicyclic) bond motifs is 1. The lowest BCUT2D eigenvalue weighted by molar-refractivity contribution is -0.156. The molecule has 3 atom stereocenters. The summed E-state index contributed by atoms with van der Waals surface area (Å²) in [6, 6.07) is 0. The number of β-lactam (4-membered cyclic amide) rings is 1. The first-order valence-electron chi connectivity index (χ1n) is 4.83. The molecule has 88 valence electrons. The number of amides is 1. The number of rotatable bonds is 3. The van der Waals surface area contributed by atoms with Crippen molar-refractivity contribution in [3.05, 3.63) is 10.6 Å². The Morgan fingerprint density at radius 2 is 2.31 bits per heavy atom. The molecule has 0 aliphatic carbocycles. The molecule has 7 heteroatoms. The third-order valence-corrected chi connectivity index (χ3v) is 4.15. The zero-order valence-electron chi connectivity index (χ0n) is 8.58. The van der Waals surface area contributed by atoms with E-state index < -0.39 is 18.0 Å². The van der Waals surface area contributed by atoms with Gasteiger partial charge in [-0.15, -0.1) is 11.8 Å². The van der Waals surface area contributed by atoms with E-state index in [1.807, 2.05) is 0 Å². The molecule has 4 N–H and O–H groups in total. The molecule has 0 saturated carbocycles. The second-order valence-corrected chi connectivity index (χ2v) is 4.98. The van der Waals surface area contributed by atoms with Crippen LogP contribution in [0.3, 0.4) is 0 Å². The Balaban J connectivity index is 2.29. The van der Waals surface area contributed by atoms with Crippen LogP contribution in [-0.4, -0.2) is 45.0 Å². The molecule has 2 aliphatic rings. The van der Waals surface area contributed by atoms with Crippen molar-refractivity contribution >= 4 is 23.6 Å². The number of thioether (sulfide) groups is 1. The number of carboxylic acids is 1. The second kappa shape index (κ2) is 3.76. The maximum Gasteiger partial charge on any atom is 0.353 e. The molecule has 2 aliphatic heterocycles. The Hall–Kier alpha value is -1.05. The number of carboxylic acid groups (broad SMARTS) is 1. The lowest BCUT2D eigenvalue weighted by Crippen LogP contribution is -2.60. The fourth-order valence-electron chi connectivity index (χ4n) is 2.00. The molecule has 0 radical (unpaired) electrons. The van der Waals surface area contributed by atoms with Crippen molar-refractivity contribution in [3.63, 3.8) is 0 Å². The smallest absolute Gasteiger partial charge is 0.353 e. The molecular weight excluding hydrogens is 232 g/mol. The first-order valence-corrected chi connectivity index (χ1v) is 5.71. The average molecular weight is 244 g/mol. The van der Waals surface area contributed by atoms with Gasteiger partial charge in [0.2, 0.25) is 5.91 Å². The van der Waals surface area contributed by atoms with Crippen molar-refractivity contribution in [1.29, 1.82) is 0 Å². The van der Waals surface area contributed by atoms with Crippen molar-refractivity contribution in [2.45, 2.75) is 18.4 Å². The summed E-state index contributed by atoms with van der Waals surface area (Å²) in [5.74, 6) is -2.01. The molecule has 0 bridgehead atoms. The van der Waals surface area contributed by atoms with Gasteiger partial charge in [0.25, 0.3) is 0 Å². The Morgan fingerprint density at radius 3 is 2.75 bits per heavy atom. The standard InChI is InChI=1S/C9H12N2O4S/c1-3(12)5-7(13)11-6(9(14)15)4(2-10)16-8(5)11/h3,5,8,12H,2,10H2,1H3,(H,14,15). The van der Waals surface area contributed by atoms with Gasteiger partial charge in [0.15, 0.2) is 0 Å². The van der Waals surface area contributed by atoms with Gasteiger partial charge in [-0.25, -0.2) is 4.79 Å². The highest BCUT2D eigenvalue weighted by Gasteiger charge is 2.57. The molecule has 1 fully saturated rings. The normalized spacial score (nSPS) is 30.2. The van der Waals surface area contributed by atoms with E-state index >= 15 is 0 Å². The highest BCUT2D eigenvalue weighted by atomic mass is 32.2. The first kappa shape index (κ1) is 11.4. The Labute approximate surface area is 96.1 Å². The second-order valence-electron chi connectivity index (χ2n) is 3.76. The van der Waals surface area contributed by atoms with Crippen LogP contribution in [-0.2, 0) is 9.59 Å². The summed E-state index contributed by atoms with van der Waals surface area (Å²) in [6.07, 6.45) is -0.770. The zero-order valence-corrected chi connectivity index (χ0v) is 9.40. The number of hydrogen-bond acceptors (Lipinski definition) is 5. The highest BCUT2D eigenvalue weighted by molar-refractivity contribution is 8.04. The van der Waals surface area contributed by atoms with Gasteiger partial charge in [-0.05, 0) is 6.92 Å². The Bertz CT molecular complexity index is 393. The number of nitrogens with zero attached hydrogens (tertiary/aromatic N) is 1. The summed E-state index contributed by atoms with van der Waals surface area (Å²) in [5, 5.41) is 18.1. The zero-order chi connectivity index (χ0) is 12.0. The number of aliphatic hydroxyl groups excluding tert-OH is 1. The number of carbonyl (C=O) groups is 2. The number of aliphatic carboxylic acids is 1. The van der Waals surface area contributed by atoms with Gasteiger partial charge in [0, 0.05) is 11.4 Å². The molecule has 1 amide bonds. The number of nitrogens with two attached hydrogens (primary N) is 1. The average Bonchev–Trinajstić information content (AvgIpc) is 2.51. The number of aliphatic hydroxyl groups is 1. The van der Waals surface area contributed by atoms with Crippen LogP contribution in [0, 0.1) is 5.92 Å². The van der Waals surface area contributed by atoms with Crippen LogP contribution >= 0.6 is 11.8 Å². The number of hydrogen-bond donors (Lipinski definition) is 3. The van der Waals surface area contributed by atoms with Crippen LogP contribution in [0.2, 0.25) is 0 Å². The van der Waals surface area contributed by atoms with E-state index in [4.69, 9.17) is 10.8 Å². The molecule has 1 saturated heterocycles. The maximum atomic E-state index is 11.7. The lowest BCUT2D eigenvalue weighted by Gasteiger charge is -2.43. The third-order valence-electron chi connectivity index (χ3n) is 2.76. The van der Waals surface area contributed by atoms with E-state index in [-0.39, 0.29) is 23.5 Å². The van der Waals surface area contributed by atoms with Crippen molar-refractivity contribution in [2.24, 2.45) is 11.7 Å². The van der Waals surface area contributed by atoms with Crippen LogP contribution < -0.4 is 5.73 Å². The largest absolute Gasteiger partial charge is 0.477 e. The summed E-state index contributed by atoms with van der Waals surface area (Å²) in [6.45, 7) is 1.63. The summed E-state index contributed by atoms with van der Waals surface area (Å²) in [5.41, 5.74) is 5.41. The van der Waals surface area contributed by atoms with Crippen LogP contribution in [0.4, 0.5) is 0 Å². The predicted octanol–water partition coefficient (Wildman–Crippen LogP) is -0.847. The minimum absolute atomic E-state index is 0.0283. The minimum atomic E-state index is -1.15. The van der Waals surface area contributed by atoms with E-state index in [0.29, 0.717) is 4.91 Å². The molecule has 2 heterocycles. The predicted molar refractivity (Wildman–Crippen MR) is 57.1 cm³/mol. The molecule has 6 nitrogen and oxygen atoms in total. The van der Waals surface area contributed by atoms with Gasteiger partial charge in [0.1, 0.15) is 11.1 Å². The van der Waals surface area contributed by atoms with Gasteiger partial charge in [-0.1, -0.05) is 0 Å². The van der Waals surface area contributed by atoms with Gasteiger partial charge in [-0.3, -0.25) is 9.69 Å². The molecular formula is C9H12N2O4S. The van der Waals surface area contributed by atoms with Crippen molar-refractivity contribution in [1.82, 2.24) is 4.90 Å². The van der Waals surface area contributed by atoms with E-state index in [1.165, 1.54) is 23.6 Å². The molecule has 2 rings (SSSR count). The van der Waals surface area contributed by atoms with Crippen LogP contribution in [0.15, 0.2) is 10.6 Å². The molecule has 0 aromatic carbocycles. The molecule has 0 aromatic rings. The van der Waals surface area contributed by atoms with Crippen LogP contribution in [0.1, 0.15) is 6.92 Å². The quantitative estimate of drug-likeness (QED) is 0.559. The fourth-order valence-corrected chi connectivity index (χ4v) is 3.49. The van der Waals surface area contributed by atoms with Crippen molar-refractivity contribution < 1.29 is 19.8 Å². The summed E-state index contributed by atoms with van der Waals surface area (Å²) in [7, 11) is 0. The van der Waals surface area contributed by atoms with Gasteiger partial charge < -0.3 is 15.9 Å². The lowest BCUT2D eigenvalue weighted by atomic mass is 9.92. The highest BCUT2D eigenvalue weighted by Crippen LogP contribution is 2.49. The monoisotopic (exact) mass is 244 g/mol. The van der Waals surface area contributed by atoms with E-state index in [1.54, 1.807) is 0 Å². The Kier molecular flexibility index (Phi) is 2.69. The summed E-state index contributed by atoms with van der Waals surface area (Å²) < 4.78 is 0. The van der Waals surface area contributed by atoms with Crippen LogP contribution in [0.25, 0.3) is 0 Å². The topological polar surface area (TPSA) is 104 Å². The van der Waals surface area contributed by atoms with Gasteiger partial charge in [-0.2, -0.15) is 0 Å². The van der Waals surface area contributed by atoms with Crippen LogP contribution in [0.5, 0.6) is 0 Å². The van der Waals surface area contributed by atoms with Crippen molar-refractivity contribution in [2.75, 3.05) is 6.54 Å². The number of carbonyl (C=O) groups excluding carboxylic acids is 1. The van der Waals surface area contributed by atoms with E-state index in [0.717, 1.165) is 0 Å². The molecule has 0 aromatic heterocycles. The Morgan fingerprint density at radius 1 is 1.69 bits per heavy atom. The van der Waals surface area contributed by atoms with E-state index in [9.17, 15) is 14.7 Å². The maximum absolute atomic E-state index is 11.7. The van der Waals surface area contributed by atoms with Gasteiger partial charge >= 0.3 is 5.97 Å². The molecule has 3 unspecified atom stereocenters. The first-order chi connectivity index (χ1) is 7.49. The fraction of sp³-hybridized carbons (Fsp3) is 0.556. The SMILES string of the molecule is CC(O)C1C(=O)N2C(C(=O)O)=C(CN)SC12. The van der Waals surface area contributed by atoms with E-state index in [2.05, 4.69) is 0 Å². The molecule has 0 spiro atoms. The molecule has 16 heavy (non-hydrogen) atoms. The van der Waals surface area contributed by atoms with Crippen molar-refractivity contribution in [3.8, 4) is 0 Å². The minimum Gasteiger partial charge on any atom is -0.477 e. The summed E-state index contributed by atoms with van der Waals surface area (Å²) in [4.78, 5) is 24.4. The van der Waals surface area contributed by atoms with Gasteiger partial charge in [0.05, 0.1) is 12.0 Å². The third kappa shape index (κ3) is 1.35.